The van der Waals surface area contributed by atoms with Gasteiger partial charge >= 0.3 is 5.97 Å². The summed E-state index contributed by atoms with van der Waals surface area (Å²) in [6.07, 6.45) is 3.84. The predicted octanol–water partition coefficient (Wildman–Crippen LogP) is 2.23. The van der Waals surface area contributed by atoms with E-state index < -0.39 is 0 Å². The first-order valence-electron chi connectivity index (χ1n) is 5.11. The number of rotatable bonds is 5. The molecule has 0 amide bonds. The summed E-state index contributed by atoms with van der Waals surface area (Å²) >= 11 is 3.41. The van der Waals surface area contributed by atoms with E-state index in [1.165, 1.54) is 0 Å². The molecule has 0 saturated heterocycles. The molecule has 0 aromatic carbocycles. The van der Waals surface area contributed by atoms with Gasteiger partial charge in [0.25, 0.3) is 0 Å². The number of carbonyl (C=O) groups excluding carboxylic acids is 1. The van der Waals surface area contributed by atoms with Crippen LogP contribution in [0.15, 0.2) is 22.9 Å². The van der Waals surface area contributed by atoms with Crippen molar-refractivity contribution in [3.8, 4) is 0 Å². The van der Waals surface area contributed by atoms with Gasteiger partial charge in [0, 0.05) is 26.0 Å². The first-order valence-corrected chi connectivity index (χ1v) is 5.90. The molecule has 0 spiro atoms. The van der Waals surface area contributed by atoms with Crippen molar-refractivity contribution >= 4 is 27.6 Å². The van der Waals surface area contributed by atoms with E-state index in [2.05, 4.69) is 20.9 Å². The number of halogens is 1. The lowest BCUT2D eigenvalue weighted by atomic mass is 10.3. The number of aromatic nitrogens is 1. The second-order valence-electron chi connectivity index (χ2n) is 3.30. The number of esters is 1. The fourth-order valence-electron chi connectivity index (χ4n) is 1.29. The van der Waals surface area contributed by atoms with Crippen molar-refractivity contribution in [1.29, 1.82) is 0 Å². The molecule has 0 aliphatic carbocycles. The van der Waals surface area contributed by atoms with E-state index >= 15 is 0 Å². The summed E-state index contributed by atoms with van der Waals surface area (Å²) in [4.78, 5) is 17.2. The summed E-state index contributed by atoms with van der Waals surface area (Å²) in [5.74, 6) is -0.167. The van der Waals surface area contributed by atoms with Crippen LogP contribution in [0.5, 0.6) is 0 Å². The Morgan fingerprint density at radius 1 is 1.62 bits per heavy atom. The highest BCUT2D eigenvalue weighted by Gasteiger charge is 2.08. The van der Waals surface area contributed by atoms with Crippen molar-refractivity contribution in [2.75, 3.05) is 25.1 Å². The third-order valence-electron chi connectivity index (χ3n) is 2.12. The highest BCUT2D eigenvalue weighted by atomic mass is 79.9. The smallest absolute Gasteiger partial charge is 0.307 e. The molecule has 1 aromatic rings. The number of nitrogens with zero attached hydrogens (tertiary/aromatic N) is 2. The van der Waals surface area contributed by atoms with Crippen molar-refractivity contribution in [2.24, 2.45) is 0 Å². The molecule has 0 aliphatic heterocycles. The quantitative estimate of drug-likeness (QED) is 0.779. The molecule has 0 N–H and O–H groups in total. The average molecular weight is 287 g/mol. The largest absolute Gasteiger partial charge is 0.466 e. The zero-order valence-corrected chi connectivity index (χ0v) is 11.0. The average Bonchev–Trinajstić information content (AvgIpc) is 2.27. The molecule has 0 unspecified atom stereocenters. The number of carbonyl (C=O) groups is 1. The van der Waals surface area contributed by atoms with Gasteiger partial charge in [-0.15, -0.1) is 0 Å². The van der Waals surface area contributed by atoms with Gasteiger partial charge < -0.3 is 9.64 Å². The van der Waals surface area contributed by atoms with Crippen molar-refractivity contribution in [3.05, 3.63) is 22.9 Å². The Labute approximate surface area is 104 Å². The summed E-state index contributed by atoms with van der Waals surface area (Å²) < 4.78 is 5.79. The standard InChI is InChI=1S/C11H15BrN2O2/c1-3-16-11(15)5-7-14(2)10-4-6-13-8-9(10)12/h4,6,8H,3,5,7H2,1-2H3. The molecule has 88 valence electrons. The molecule has 1 heterocycles. The Bertz CT molecular complexity index is 358. The molecule has 5 heteroatoms. The van der Waals surface area contributed by atoms with E-state index in [1.807, 2.05) is 18.0 Å². The minimum Gasteiger partial charge on any atom is -0.466 e. The summed E-state index contributed by atoms with van der Waals surface area (Å²) in [7, 11) is 1.93. The van der Waals surface area contributed by atoms with E-state index in [9.17, 15) is 4.79 Å². The molecule has 1 aromatic heterocycles. The molecular formula is C11H15BrN2O2. The van der Waals surface area contributed by atoms with Gasteiger partial charge in [-0.2, -0.15) is 0 Å². The maximum absolute atomic E-state index is 11.2. The second kappa shape index (κ2) is 6.48. The maximum Gasteiger partial charge on any atom is 0.307 e. The SMILES string of the molecule is CCOC(=O)CCN(C)c1ccncc1Br. The summed E-state index contributed by atoms with van der Waals surface area (Å²) in [5, 5.41) is 0. The van der Waals surface area contributed by atoms with E-state index in [0.29, 0.717) is 19.6 Å². The minimum atomic E-state index is -0.167. The van der Waals surface area contributed by atoms with Gasteiger partial charge in [-0.3, -0.25) is 9.78 Å². The maximum atomic E-state index is 11.2. The Balaban J connectivity index is 2.50. The normalized spacial score (nSPS) is 9.94. The monoisotopic (exact) mass is 286 g/mol. The number of hydrogen-bond acceptors (Lipinski definition) is 4. The molecule has 0 fully saturated rings. The van der Waals surface area contributed by atoms with E-state index in [0.717, 1.165) is 10.2 Å². The van der Waals surface area contributed by atoms with Crippen LogP contribution in [0.25, 0.3) is 0 Å². The lowest BCUT2D eigenvalue weighted by Gasteiger charge is -2.19. The first kappa shape index (κ1) is 13.0. The molecule has 16 heavy (non-hydrogen) atoms. The first-order chi connectivity index (χ1) is 7.65. The molecule has 1 rings (SSSR count). The zero-order valence-electron chi connectivity index (χ0n) is 9.44. The minimum absolute atomic E-state index is 0.167. The number of pyridine rings is 1. The second-order valence-corrected chi connectivity index (χ2v) is 4.16. The lowest BCUT2D eigenvalue weighted by molar-refractivity contribution is -0.142. The van der Waals surface area contributed by atoms with Crippen LogP contribution in [-0.2, 0) is 9.53 Å². The molecule has 0 bridgehead atoms. The molecule has 0 radical (unpaired) electrons. The van der Waals surface area contributed by atoms with Crippen LogP contribution >= 0.6 is 15.9 Å². The van der Waals surface area contributed by atoms with Gasteiger partial charge in [0.1, 0.15) is 0 Å². The Morgan fingerprint density at radius 2 is 2.38 bits per heavy atom. The van der Waals surface area contributed by atoms with Crippen LogP contribution in [0.4, 0.5) is 5.69 Å². The van der Waals surface area contributed by atoms with Gasteiger partial charge in [-0.1, -0.05) is 0 Å². The van der Waals surface area contributed by atoms with Crippen molar-refractivity contribution in [1.82, 2.24) is 4.98 Å². The van der Waals surface area contributed by atoms with Crippen molar-refractivity contribution < 1.29 is 9.53 Å². The van der Waals surface area contributed by atoms with Crippen molar-refractivity contribution in [3.63, 3.8) is 0 Å². The van der Waals surface area contributed by atoms with Gasteiger partial charge in [-0.25, -0.2) is 0 Å². The Kier molecular flexibility index (Phi) is 5.25. The van der Waals surface area contributed by atoms with Gasteiger partial charge in [0.15, 0.2) is 0 Å². The van der Waals surface area contributed by atoms with Gasteiger partial charge in [0.05, 0.1) is 23.2 Å². The topological polar surface area (TPSA) is 42.4 Å². The summed E-state index contributed by atoms with van der Waals surface area (Å²) in [5.41, 5.74) is 1.01. The Hall–Kier alpha value is -1.10. The molecule has 4 nitrogen and oxygen atoms in total. The summed E-state index contributed by atoms with van der Waals surface area (Å²) in [6.45, 7) is 2.87. The van der Waals surface area contributed by atoms with Gasteiger partial charge in [-0.05, 0) is 28.9 Å². The van der Waals surface area contributed by atoms with E-state index in [1.54, 1.807) is 19.3 Å². The predicted molar refractivity (Wildman–Crippen MR) is 66.5 cm³/mol. The van der Waals surface area contributed by atoms with E-state index in [-0.39, 0.29) is 5.97 Å². The number of anilines is 1. The number of ether oxygens (including phenoxy) is 1. The van der Waals surface area contributed by atoms with Crippen LogP contribution in [-0.4, -0.2) is 31.2 Å². The lowest BCUT2D eigenvalue weighted by Crippen LogP contribution is -2.22. The summed E-state index contributed by atoms with van der Waals surface area (Å²) in [6, 6.07) is 1.90. The molecule has 0 saturated carbocycles. The molecule has 0 aliphatic rings. The van der Waals surface area contributed by atoms with Crippen LogP contribution in [0.2, 0.25) is 0 Å². The molecule has 0 atom stereocenters. The Morgan fingerprint density at radius 3 is 3.00 bits per heavy atom. The van der Waals surface area contributed by atoms with Crippen LogP contribution in [0.3, 0.4) is 0 Å². The third-order valence-corrected chi connectivity index (χ3v) is 2.73. The fraction of sp³-hybridized carbons (Fsp3) is 0.455. The highest BCUT2D eigenvalue weighted by molar-refractivity contribution is 9.10. The highest BCUT2D eigenvalue weighted by Crippen LogP contribution is 2.23. The van der Waals surface area contributed by atoms with E-state index in [4.69, 9.17) is 4.74 Å². The van der Waals surface area contributed by atoms with Crippen molar-refractivity contribution in [2.45, 2.75) is 13.3 Å². The fourth-order valence-corrected chi connectivity index (χ4v) is 1.84. The van der Waals surface area contributed by atoms with Gasteiger partial charge in [0.2, 0.25) is 0 Å². The van der Waals surface area contributed by atoms with Crippen LogP contribution in [0, 0.1) is 0 Å². The van der Waals surface area contributed by atoms with Crippen LogP contribution < -0.4 is 4.90 Å². The zero-order chi connectivity index (χ0) is 12.0. The third kappa shape index (κ3) is 3.81. The van der Waals surface area contributed by atoms with Crippen LogP contribution in [0.1, 0.15) is 13.3 Å². The number of hydrogen-bond donors (Lipinski definition) is 0. The molecular weight excluding hydrogens is 272 g/mol.